The third-order valence-electron chi connectivity index (χ3n) is 6.69. The summed E-state index contributed by atoms with van der Waals surface area (Å²) in [5, 5.41) is 12.6. The number of rotatable bonds is 6. The number of H-pyrrole nitrogens is 1. The lowest BCUT2D eigenvalue weighted by Crippen LogP contribution is -2.34. The van der Waals surface area contributed by atoms with Crippen molar-refractivity contribution in [3.05, 3.63) is 66.5 Å². The molecule has 2 aromatic carbocycles. The van der Waals surface area contributed by atoms with Gasteiger partial charge in [0.15, 0.2) is 17.8 Å². The number of benzene rings is 2. The Morgan fingerprint density at radius 1 is 1.05 bits per heavy atom. The fourth-order valence-corrected chi connectivity index (χ4v) is 4.83. The molecule has 196 valence electrons. The second kappa shape index (κ2) is 10.1. The molecule has 0 saturated carbocycles. The van der Waals surface area contributed by atoms with Crippen LogP contribution in [0.15, 0.2) is 60.7 Å². The standard InChI is InChI=1S/C28H26FN3O6/c1-2-35-28(34)30-18-9-7-16(8-10-18)15-3-5-17(6-4-15)25-19(29)11-20-21(32-25)12-24(31-20)38-23-14-37-26-22(33)13-36-27(23)26/h3-12,22-23,26-27,31,33H,2,13-14H2,1H3,(H,30,34)/t22-,23-,26-,27-/m1/s1. The van der Waals surface area contributed by atoms with Crippen molar-refractivity contribution >= 4 is 22.8 Å². The van der Waals surface area contributed by atoms with E-state index >= 15 is 4.39 Å². The summed E-state index contributed by atoms with van der Waals surface area (Å²) in [6, 6.07) is 17.9. The average molecular weight is 520 g/mol. The monoisotopic (exact) mass is 519 g/mol. The van der Waals surface area contributed by atoms with E-state index in [1.165, 1.54) is 6.07 Å². The number of nitrogens with one attached hydrogen (secondary N) is 2. The lowest BCUT2D eigenvalue weighted by Gasteiger charge is -2.16. The third-order valence-corrected chi connectivity index (χ3v) is 6.69. The summed E-state index contributed by atoms with van der Waals surface area (Å²) in [5.74, 6) is -0.0286. The maximum Gasteiger partial charge on any atom is 0.411 e. The predicted octanol–water partition coefficient (Wildman–Crippen LogP) is 4.51. The van der Waals surface area contributed by atoms with Gasteiger partial charge in [-0.05, 0) is 30.2 Å². The molecule has 1 amide bonds. The number of hydrogen-bond acceptors (Lipinski definition) is 7. The van der Waals surface area contributed by atoms with Gasteiger partial charge in [-0.1, -0.05) is 36.4 Å². The summed E-state index contributed by atoms with van der Waals surface area (Å²) in [6.45, 7) is 2.56. The van der Waals surface area contributed by atoms with Crippen molar-refractivity contribution in [2.24, 2.45) is 0 Å². The zero-order chi connectivity index (χ0) is 26.2. The Balaban J connectivity index is 1.18. The molecule has 3 N–H and O–H groups in total. The molecular formula is C28H26FN3O6. The highest BCUT2D eigenvalue weighted by atomic mass is 19.1. The van der Waals surface area contributed by atoms with Gasteiger partial charge in [-0.15, -0.1) is 0 Å². The van der Waals surface area contributed by atoms with Crippen molar-refractivity contribution in [1.82, 2.24) is 9.97 Å². The van der Waals surface area contributed by atoms with E-state index < -0.39 is 24.1 Å². The lowest BCUT2D eigenvalue weighted by atomic mass is 10.0. The van der Waals surface area contributed by atoms with Gasteiger partial charge in [0.2, 0.25) is 0 Å². The minimum Gasteiger partial charge on any atom is -0.470 e. The van der Waals surface area contributed by atoms with Gasteiger partial charge in [0.05, 0.1) is 30.9 Å². The highest BCUT2D eigenvalue weighted by molar-refractivity contribution is 5.85. The van der Waals surface area contributed by atoms with E-state index in [1.807, 2.05) is 36.4 Å². The Hall–Kier alpha value is -3.99. The number of aliphatic hydroxyl groups excluding tert-OH is 1. The molecule has 4 atom stereocenters. The van der Waals surface area contributed by atoms with Crippen molar-refractivity contribution in [3.8, 4) is 28.3 Å². The maximum atomic E-state index is 15.0. The molecule has 4 aromatic rings. The van der Waals surface area contributed by atoms with Gasteiger partial charge in [0.1, 0.15) is 24.0 Å². The molecule has 0 radical (unpaired) electrons. The summed E-state index contributed by atoms with van der Waals surface area (Å²) >= 11 is 0. The summed E-state index contributed by atoms with van der Waals surface area (Å²) in [6.07, 6.45) is -2.28. The highest BCUT2D eigenvalue weighted by Crippen LogP contribution is 2.32. The minimum atomic E-state index is -0.659. The summed E-state index contributed by atoms with van der Waals surface area (Å²) in [5.41, 5.74) is 4.45. The molecule has 10 heteroatoms. The third kappa shape index (κ3) is 4.69. The van der Waals surface area contributed by atoms with Crippen LogP contribution in [0.4, 0.5) is 14.9 Å². The molecule has 0 aliphatic carbocycles. The van der Waals surface area contributed by atoms with Crippen LogP contribution in [0.2, 0.25) is 0 Å². The van der Waals surface area contributed by atoms with E-state index in [1.54, 1.807) is 25.1 Å². The van der Waals surface area contributed by atoms with Gasteiger partial charge in [-0.25, -0.2) is 14.2 Å². The summed E-state index contributed by atoms with van der Waals surface area (Å²) in [4.78, 5) is 19.2. The molecule has 38 heavy (non-hydrogen) atoms. The first kappa shape index (κ1) is 24.4. The van der Waals surface area contributed by atoms with Crippen molar-refractivity contribution in [1.29, 1.82) is 0 Å². The number of carbonyl (C=O) groups is 1. The molecule has 9 nitrogen and oxygen atoms in total. The molecule has 0 spiro atoms. The van der Waals surface area contributed by atoms with Crippen molar-refractivity contribution in [3.63, 3.8) is 0 Å². The molecular weight excluding hydrogens is 493 g/mol. The van der Waals surface area contributed by atoms with Crippen LogP contribution in [0.25, 0.3) is 33.4 Å². The molecule has 2 fully saturated rings. The number of anilines is 1. The summed E-state index contributed by atoms with van der Waals surface area (Å²) < 4.78 is 37.1. The van der Waals surface area contributed by atoms with E-state index in [0.717, 1.165) is 11.1 Å². The van der Waals surface area contributed by atoms with Crippen molar-refractivity contribution < 1.29 is 33.2 Å². The predicted molar refractivity (Wildman–Crippen MR) is 137 cm³/mol. The van der Waals surface area contributed by atoms with Gasteiger partial charge in [-0.2, -0.15) is 0 Å². The number of aromatic amines is 1. The Morgan fingerprint density at radius 3 is 2.47 bits per heavy atom. The molecule has 0 unspecified atom stereocenters. The highest BCUT2D eigenvalue weighted by Gasteiger charge is 2.48. The Kier molecular flexibility index (Phi) is 6.44. The first-order chi connectivity index (χ1) is 18.5. The van der Waals surface area contributed by atoms with Crippen molar-refractivity contribution in [2.45, 2.75) is 31.3 Å². The number of aliphatic hydroxyl groups is 1. The first-order valence-corrected chi connectivity index (χ1v) is 12.4. The quantitative estimate of drug-likeness (QED) is 0.343. The largest absolute Gasteiger partial charge is 0.470 e. The number of carbonyl (C=O) groups excluding carboxylic acids is 1. The number of ether oxygens (including phenoxy) is 4. The van der Waals surface area contributed by atoms with Gasteiger partial charge >= 0.3 is 6.09 Å². The van der Waals surface area contributed by atoms with Crippen molar-refractivity contribution in [2.75, 3.05) is 25.1 Å². The van der Waals surface area contributed by atoms with E-state index in [-0.39, 0.29) is 24.5 Å². The summed E-state index contributed by atoms with van der Waals surface area (Å²) in [7, 11) is 0. The van der Waals surface area contributed by atoms with E-state index in [4.69, 9.17) is 18.9 Å². The number of pyridine rings is 1. The zero-order valence-electron chi connectivity index (χ0n) is 20.5. The fourth-order valence-electron chi connectivity index (χ4n) is 4.83. The molecule has 6 rings (SSSR count). The molecule has 2 aliphatic rings. The van der Waals surface area contributed by atoms with Crippen LogP contribution in [0.1, 0.15) is 6.92 Å². The van der Waals surface area contributed by atoms with Crippen LogP contribution in [0.5, 0.6) is 5.88 Å². The van der Waals surface area contributed by atoms with Crippen LogP contribution in [0.3, 0.4) is 0 Å². The van der Waals surface area contributed by atoms with Crippen LogP contribution in [-0.4, -0.2) is 65.4 Å². The Labute approximate surface area is 217 Å². The van der Waals surface area contributed by atoms with Crippen LogP contribution in [-0.2, 0) is 14.2 Å². The van der Waals surface area contributed by atoms with Crippen LogP contribution < -0.4 is 10.1 Å². The molecule has 2 aromatic heterocycles. The topological polar surface area (TPSA) is 115 Å². The number of amides is 1. The van der Waals surface area contributed by atoms with Gasteiger partial charge in [0.25, 0.3) is 0 Å². The smallest absolute Gasteiger partial charge is 0.411 e. The first-order valence-electron chi connectivity index (χ1n) is 12.4. The fraction of sp³-hybridized carbons (Fsp3) is 0.286. The van der Waals surface area contributed by atoms with Crippen LogP contribution in [0, 0.1) is 5.82 Å². The van der Waals surface area contributed by atoms with Gasteiger partial charge in [-0.3, -0.25) is 5.32 Å². The molecule has 2 aliphatic heterocycles. The molecule has 4 heterocycles. The van der Waals surface area contributed by atoms with E-state index in [2.05, 4.69) is 15.3 Å². The number of halogens is 1. The van der Waals surface area contributed by atoms with Crippen LogP contribution >= 0.6 is 0 Å². The SMILES string of the molecule is CCOC(=O)Nc1ccc(-c2ccc(-c3nc4cc(O[C@@H]5CO[C@H]6[C@@H]5OC[C@H]6O)[nH]c4cc3F)cc2)cc1. The molecule has 0 bridgehead atoms. The van der Waals surface area contributed by atoms with E-state index in [0.29, 0.717) is 41.4 Å². The second-order valence-corrected chi connectivity index (χ2v) is 9.20. The van der Waals surface area contributed by atoms with Gasteiger partial charge in [0, 0.05) is 23.4 Å². The Bertz CT molecular complexity index is 1460. The number of nitrogens with zero attached hydrogens (tertiary/aromatic N) is 1. The zero-order valence-corrected chi connectivity index (χ0v) is 20.5. The average Bonchev–Trinajstić information content (AvgIpc) is 3.61. The number of fused-ring (bicyclic) bond motifs is 2. The van der Waals surface area contributed by atoms with Gasteiger partial charge < -0.3 is 29.0 Å². The Morgan fingerprint density at radius 2 is 1.74 bits per heavy atom. The number of hydrogen-bond donors (Lipinski definition) is 3. The minimum absolute atomic E-state index is 0.217. The molecule has 2 saturated heterocycles. The maximum absolute atomic E-state index is 15.0. The second-order valence-electron chi connectivity index (χ2n) is 9.20. The van der Waals surface area contributed by atoms with E-state index in [9.17, 15) is 9.90 Å². The normalized spacial score (nSPS) is 22.4. The lowest BCUT2D eigenvalue weighted by molar-refractivity contribution is 0.00794. The number of aromatic nitrogens is 2.